The van der Waals surface area contributed by atoms with Crippen LogP contribution < -0.4 is 20.1 Å². The van der Waals surface area contributed by atoms with Crippen molar-refractivity contribution in [1.82, 2.24) is 29.9 Å². The molecule has 0 radical (unpaired) electrons. The van der Waals surface area contributed by atoms with E-state index in [0.717, 1.165) is 38.5 Å². The lowest BCUT2D eigenvalue weighted by molar-refractivity contribution is -0.141. The maximum atomic E-state index is 14.4. The van der Waals surface area contributed by atoms with E-state index in [4.69, 9.17) is 9.47 Å². The molecular weight excluding hydrogens is 711 g/mol. The lowest BCUT2D eigenvalue weighted by atomic mass is 10.0. The van der Waals surface area contributed by atoms with Crippen molar-refractivity contribution in [2.75, 3.05) is 6.54 Å². The zero-order valence-electron chi connectivity index (χ0n) is 30.1. The van der Waals surface area contributed by atoms with Crippen LogP contribution in [0.5, 0.6) is 0 Å². The van der Waals surface area contributed by atoms with Crippen molar-refractivity contribution in [2.24, 2.45) is 5.92 Å². The summed E-state index contributed by atoms with van der Waals surface area (Å²) in [5.74, 6) is -3.19. The lowest BCUT2D eigenvalue weighted by Crippen LogP contribution is -2.59. The molecule has 1 saturated heterocycles. The third-order valence-corrected chi connectivity index (χ3v) is 11.8. The number of nitrogens with zero attached hydrogens (tertiary/aromatic N) is 2. The highest BCUT2D eigenvalue weighted by atomic mass is 32.2. The molecule has 3 heterocycles. The van der Waals surface area contributed by atoms with Crippen molar-refractivity contribution in [2.45, 2.75) is 133 Å². The standard InChI is InChI=1S/C36H49FN6O9S/c1-22(2)40-53(49,50)41-33(46)36-18-24(36)12-6-4-3-5-7-16-29(38-34(47)51-25-13-8-9-14-25)32(45)43-20-26(17-30(43)31(44)39-36)52-35(48)42-19-23-11-10-15-28(37)27(23)21-42/h6,10-12,15,22,24-26,29-30,40H,3-5,7-9,13-14,16-21H2,1-2H3,(H,38,47)(H,39,44)(H,41,46)/b12-6-/t24-,26-,29+,30+,36-/m1/s1. The fourth-order valence-corrected chi connectivity index (χ4v) is 8.88. The molecule has 0 aromatic heterocycles. The number of ether oxygens (including phenoxy) is 2. The number of carbonyl (C=O) groups excluding carboxylic acids is 5. The van der Waals surface area contributed by atoms with Gasteiger partial charge in [-0.15, -0.1) is 0 Å². The summed E-state index contributed by atoms with van der Waals surface area (Å²) in [6.07, 6.45) is 7.34. The second-order valence-electron chi connectivity index (χ2n) is 15.0. The lowest BCUT2D eigenvalue weighted by Gasteiger charge is -2.30. The van der Waals surface area contributed by atoms with Gasteiger partial charge in [-0.2, -0.15) is 13.1 Å². The number of benzene rings is 1. The SMILES string of the molecule is CC(C)NS(=O)(=O)NC(=O)[C@@]12C[C@H]1/C=C\CCCCC[C@H](NC(=O)OC1CCCC1)C(=O)N1C[C@H](OC(=O)N3Cc4cccc(F)c4C3)C[C@H]1C(=O)N2. The minimum atomic E-state index is -4.26. The minimum absolute atomic E-state index is 0.00364. The van der Waals surface area contributed by atoms with E-state index in [1.807, 2.05) is 10.8 Å². The first-order valence-electron chi connectivity index (χ1n) is 18.6. The Morgan fingerprint density at radius 1 is 1.00 bits per heavy atom. The number of carbonyl (C=O) groups is 5. The number of amides is 5. The monoisotopic (exact) mass is 760 g/mol. The summed E-state index contributed by atoms with van der Waals surface area (Å²) in [6.45, 7) is 3.13. The fourth-order valence-electron chi connectivity index (χ4n) is 7.78. The van der Waals surface area contributed by atoms with Crippen molar-refractivity contribution in [3.63, 3.8) is 0 Å². The Bertz CT molecular complexity index is 1730. The second kappa shape index (κ2) is 16.0. The maximum Gasteiger partial charge on any atom is 0.410 e. The van der Waals surface area contributed by atoms with Gasteiger partial charge in [-0.25, -0.2) is 18.7 Å². The Kier molecular flexibility index (Phi) is 11.6. The highest BCUT2D eigenvalue weighted by molar-refractivity contribution is 7.88. The summed E-state index contributed by atoms with van der Waals surface area (Å²) in [4.78, 5) is 71.2. The normalized spacial score (nSPS) is 28.5. The van der Waals surface area contributed by atoms with Crippen molar-refractivity contribution >= 4 is 40.1 Å². The zero-order chi connectivity index (χ0) is 37.9. The Morgan fingerprint density at radius 2 is 1.75 bits per heavy atom. The van der Waals surface area contributed by atoms with Crippen LogP contribution >= 0.6 is 0 Å². The first-order chi connectivity index (χ1) is 25.2. The van der Waals surface area contributed by atoms with Gasteiger partial charge in [-0.3, -0.25) is 19.3 Å². The number of hydrogen-bond acceptors (Lipinski definition) is 9. The first-order valence-corrected chi connectivity index (χ1v) is 20.1. The van der Waals surface area contributed by atoms with E-state index in [-0.39, 0.29) is 45.0 Å². The molecule has 290 valence electrons. The molecule has 2 saturated carbocycles. The smallest absolute Gasteiger partial charge is 0.410 e. The van der Waals surface area contributed by atoms with Crippen LogP contribution in [0.2, 0.25) is 0 Å². The van der Waals surface area contributed by atoms with E-state index >= 15 is 0 Å². The van der Waals surface area contributed by atoms with E-state index in [1.165, 1.54) is 15.9 Å². The predicted molar refractivity (Wildman–Crippen MR) is 188 cm³/mol. The van der Waals surface area contributed by atoms with Crippen LogP contribution in [0.3, 0.4) is 0 Å². The summed E-state index contributed by atoms with van der Waals surface area (Å²) >= 11 is 0. The van der Waals surface area contributed by atoms with Crippen molar-refractivity contribution in [3.8, 4) is 0 Å². The molecule has 1 aromatic rings. The summed E-state index contributed by atoms with van der Waals surface area (Å²) in [5.41, 5.74) is -0.577. The summed E-state index contributed by atoms with van der Waals surface area (Å²) in [7, 11) is -4.26. The molecule has 0 spiro atoms. The molecule has 53 heavy (non-hydrogen) atoms. The van der Waals surface area contributed by atoms with E-state index < -0.39 is 81.6 Å². The average molecular weight is 761 g/mol. The molecule has 1 aromatic carbocycles. The van der Waals surface area contributed by atoms with Gasteiger partial charge < -0.3 is 25.0 Å². The van der Waals surface area contributed by atoms with Gasteiger partial charge in [0, 0.05) is 30.5 Å². The molecular formula is C36H49FN6O9S. The van der Waals surface area contributed by atoms with Crippen LogP contribution in [0.15, 0.2) is 30.4 Å². The van der Waals surface area contributed by atoms with E-state index in [0.29, 0.717) is 24.0 Å². The largest absolute Gasteiger partial charge is 0.446 e. The Hall–Kier alpha value is -4.25. The molecule has 6 rings (SSSR count). The van der Waals surface area contributed by atoms with Gasteiger partial charge in [-0.05, 0) is 76.8 Å². The van der Waals surface area contributed by atoms with Gasteiger partial charge in [0.05, 0.1) is 13.1 Å². The van der Waals surface area contributed by atoms with Gasteiger partial charge in [0.2, 0.25) is 11.8 Å². The van der Waals surface area contributed by atoms with E-state index in [2.05, 4.69) is 15.4 Å². The second-order valence-corrected chi connectivity index (χ2v) is 16.5. The van der Waals surface area contributed by atoms with Crippen LogP contribution in [0.1, 0.15) is 95.6 Å². The molecule has 5 atom stereocenters. The van der Waals surface area contributed by atoms with Crippen LogP contribution in [-0.2, 0) is 47.2 Å². The van der Waals surface area contributed by atoms with Gasteiger partial charge in [0.25, 0.3) is 5.91 Å². The third-order valence-electron chi connectivity index (χ3n) is 10.6. The number of alkyl carbamates (subject to hydrolysis) is 1. The highest BCUT2D eigenvalue weighted by Crippen LogP contribution is 2.45. The number of allylic oxidation sites excluding steroid dienone is 1. The molecule has 4 N–H and O–H groups in total. The first kappa shape index (κ1) is 38.5. The van der Waals surface area contributed by atoms with E-state index in [9.17, 15) is 36.8 Å². The molecule has 15 nitrogen and oxygen atoms in total. The highest BCUT2D eigenvalue weighted by Gasteiger charge is 2.61. The topological polar surface area (TPSA) is 193 Å². The minimum Gasteiger partial charge on any atom is -0.446 e. The predicted octanol–water partition coefficient (Wildman–Crippen LogP) is 3.04. The molecule has 2 aliphatic carbocycles. The molecule has 5 amide bonds. The Morgan fingerprint density at radius 3 is 2.49 bits per heavy atom. The number of halogens is 1. The zero-order valence-corrected chi connectivity index (χ0v) is 30.9. The Labute approximate surface area is 308 Å². The number of rotatable bonds is 7. The van der Waals surface area contributed by atoms with Crippen molar-refractivity contribution in [1.29, 1.82) is 0 Å². The molecule has 5 aliphatic rings. The summed E-state index contributed by atoms with van der Waals surface area (Å²) in [5, 5.41) is 5.49. The molecule has 0 bridgehead atoms. The summed E-state index contributed by atoms with van der Waals surface area (Å²) in [6, 6.07) is 1.81. The van der Waals surface area contributed by atoms with Crippen LogP contribution in [0, 0.1) is 11.7 Å². The molecule has 17 heteroatoms. The van der Waals surface area contributed by atoms with Crippen LogP contribution in [0.4, 0.5) is 14.0 Å². The number of hydrogen-bond donors (Lipinski definition) is 4. The van der Waals surface area contributed by atoms with Crippen molar-refractivity contribution < 1.29 is 46.3 Å². The van der Waals surface area contributed by atoms with Gasteiger partial charge in [0.1, 0.15) is 35.6 Å². The molecule has 0 unspecified atom stereocenters. The quantitative estimate of drug-likeness (QED) is 0.303. The molecule has 3 aliphatic heterocycles. The fraction of sp³-hybridized carbons (Fsp3) is 0.639. The third kappa shape index (κ3) is 9.11. The van der Waals surface area contributed by atoms with Crippen LogP contribution in [-0.4, -0.2) is 90.5 Å². The average Bonchev–Trinajstić information content (AvgIpc) is 3.51. The summed E-state index contributed by atoms with van der Waals surface area (Å²) < 4.78 is 55.6. The van der Waals surface area contributed by atoms with E-state index in [1.54, 1.807) is 32.1 Å². The maximum absolute atomic E-state index is 14.4. The van der Waals surface area contributed by atoms with Crippen LogP contribution in [0.25, 0.3) is 0 Å². The Balaban J connectivity index is 1.24. The van der Waals surface area contributed by atoms with Crippen molar-refractivity contribution in [3.05, 3.63) is 47.3 Å². The van der Waals surface area contributed by atoms with Gasteiger partial charge >= 0.3 is 22.4 Å². The number of nitrogens with one attached hydrogen (secondary N) is 4. The van der Waals surface area contributed by atoms with Gasteiger partial charge in [0.15, 0.2) is 0 Å². The number of fused-ring (bicyclic) bond motifs is 3. The van der Waals surface area contributed by atoms with Gasteiger partial charge in [-0.1, -0.05) is 37.1 Å². The molecule has 3 fully saturated rings.